The predicted octanol–water partition coefficient (Wildman–Crippen LogP) is 0.753. The van der Waals surface area contributed by atoms with Crippen molar-refractivity contribution in [2.75, 3.05) is 0 Å². The van der Waals surface area contributed by atoms with Crippen LogP contribution in [0, 0.1) is 11.3 Å². The minimum Gasteiger partial charge on any atom is -0.408 e. The molecule has 0 unspecified atom stereocenters. The van der Waals surface area contributed by atoms with E-state index < -0.39 is 11.4 Å². The number of aryl methyl sites for hydroxylation is 1. The molecule has 3 rings (SSSR count). The van der Waals surface area contributed by atoms with Gasteiger partial charge in [0.05, 0.1) is 16.8 Å². The highest BCUT2D eigenvalue weighted by Gasteiger charge is 2.11. The molecule has 0 spiro atoms. The molecule has 98 valence electrons. The lowest BCUT2D eigenvalue weighted by Gasteiger charge is -2.04. The number of benzene rings is 1. The number of aromatic nitrogens is 3. The van der Waals surface area contributed by atoms with Crippen molar-refractivity contribution in [1.29, 1.82) is 5.26 Å². The van der Waals surface area contributed by atoms with Gasteiger partial charge in [0.15, 0.2) is 5.58 Å². The number of aromatic amines is 1. The molecule has 0 atom stereocenters. The third-order valence-corrected chi connectivity index (χ3v) is 2.90. The zero-order chi connectivity index (χ0) is 14.3. The molecule has 3 aromatic rings. The van der Waals surface area contributed by atoms with Crippen LogP contribution in [0.5, 0.6) is 0 Å². The second-order valence-corrected chi connectivity index (χ2v) is 4.23. The van der Waals surface area contributed by atoms with Gasteiger partial charge in [-0.15, -0.1) is 0 Å². The summed E-state index contributed by atoms with van der Waals surface area (Å²) in [6.45, 7) is 0. The maximum atomic E-state index is 11.6. The van der Waals surface area contributed by atoms with E-state index in [1.165, 1.54) is 17.8 Å². The SMILES string of the molecule is Cn1cc(C#N)c(-c2ccc3oc(=O)[nH]c3c2)nc1=O. The van der Waals surface area contributed by atoms with Crippen LogP contribution in [0.1, 0.15) is 5.56 Å². The summed E-state index contributed by atoms with van der Waals surface area (Å²) in [5.41, 5.74) is 1.54. The average Bonchev–Trinajstić information content (AvgIpc) is 2.80. The van der Waals surface area contributed by atoms with Gasteiger partial charge in [-0.1, -0.05) is 0 Å². The summed E-state index contributed by atoms with van der Waals surface area (Å²) in [7, 11) is 1.52. The largest absolute Gasteiger partial charge is 0.417 e. The van der Waals surface area contributed by atoms with Gasteiger partial charge in [0.25, 0.3) is 0 Å². The number of rotatable bonds is 1. The van der Waals surface area contributed by atoms with E-state index >= 15 is 0 Å². The van der Waals surface area contributed by atoms with Crippen LogP contribution in [0.25, 0.3) is 22.4 Å². The molecule has 0 fully saturated rings. The van der Waals surface area contributed by atoms with Gasteiger partial charge in [-0.3, -0.25) is 4.98 Å². The van der Waals surface area contributed by atoms with Crippen LogP contribution in [-0.4, -0.2) is 14.5 Å². The molecular weight excluding hydrogens is 260 g/mol. The monoisotopic (exact) mass is 268 g/mol. The van der Waals surface area contributed by atoms with Gasteiger partial charge in [-0.25, -0.2) is 9.59 Å². The minimum absolute atomic E-state index is 0.275. The summed E-state index contributed by atoms with van der Waals surface area (Å²) in [5, 5.41) is 9.13. The summed E-state index contributed by atoms with van der Waals surface area (Å²) in [4.78, 5) is 29.1. The molecule has 20 heavy (non-hydrogen) atoms. The van der Waals surface area contributed by atoms with Crippen molar-refractivity contribution >= 4 is 11.1 Å². The molecule has 0 aliphatic heterocycles. The third-order valence-electron chi connectivity index (χ3n) is 2.90. The van der Waals surface area contributed by atoms with Crippen LogP contribution in [0.2, 0.25) is 0 Å². The molecule has 0 aliphatic carbocycles. The molecule has 2 aromatic heterocycles. The molecule has 1 N–H and O–H groups in total. The van der Waals surface area contributed by atoms with E-state index in [-0.39, 0.29) is 11.3 Å². The van der Waals surface area contributed by atoms with Crippen molar-refractivity contribution < 1.29 is 4.42 Å². The number of nitriles is 1. The van der Waals surface area contributed by atoms with Crippen LogP contribution >= 0.6 is 0 Å². The molecule has 0 radical (unpaired) electrons. The Hall–Kier alpha value is -3.14. The summed E-state index contributed by atoms with van der Waals surface area (Å²) in [6, 6.07) is 6.84. The smallest absolute Gasteiger partial charge is 0.408 e. The van der Waals surface area contributed by atoms with Crippen LogP contribution in [-0.2, 0) is 7.05 Å². The zero-order valence-electron chi connectivity index (χ0n) is 10.4. The molecule has 0 bridgehead atoms. The van der Waals surface area contributed by atoms with Crippen LogP contribution in [0.4, 0.5) is 0 Å². The molecular formula is C13H8N4O3. The second kappa shape index (κ2) is 4.20. The highest BCUT2D eigenvalue weighted by atomic mass is 16.4. The van der Waals surface area contributed by atoms with Gasteiger partial charge >= 0.3 is 11.4 Å². The van der Waals surface area contributed by atoms with Crippen molar-refractivity contribution in [2.45, 2.75) is 0 Å². The Morgan fingerprint density at radius 2 is 2.20 bits per heavy atom. The normalized spacial score (nSPS) is 10.6. The fourth-order valence-electron chi connectivity index (χ4n) is 1.95. The standard InChI is InChI=1S/C13H8N4O3/c1-17-6-8(5-14)11(16-12(17)18)7-2-3-10-9(4-7)15-13(19)20-10/h2-4,6H,1H3,(H,15,19). The molecule has 0 amide bonds. The van der Waals surface area contributed by atoms with E-state index in [2.05, 4.69) is 9.97 Å². The van der Waals surface area contributed by atoms with E-state index in [1.807, 2.05) is 6.07 Å². The van der Waals surface area contributed by atoms with Crippen molar-refractivity contribution in [2.24, 2.45) is 7.05 Å². The molecule has 7 heteroatoms. The number of fused-ring (bicyclic) bond motifs is 1. The van der Waals surface area contributed by atoms with E-state index in [9.17, 15) is 9.59 Å². The lowest BCUT2D eigenvalue weighted by atomic mass is 10.1. The maximum Gasteiger partial charge on any atom is 0.417 e. The number of nitrogens with zero attached hydrogens (tertiary/aromatic N) is 3. The Labute approximate surface area is 111 Å². The van der Waals surface area contributed by atoms with E-state index in [1.54, 1.807) is 18.2 Å². The highest BCUT2D eigenvalue weighted by Crippen LogP contribution is 2.23. The lowest BCUT2D eigenvalue weighted by molar-refractivity contribution is 0.555. The Balaban J connectivity index is 2.30. The molecule has 1 aromatic carbocycles. The number of nitrogens with one attached hydrogen (secondary N) is 1. The lowest BCUT2D eigenvalue weighted by Crippen LogP contribution is -2.20. The summed E-state index contributed by atoms with van der Waals surface area (Å²) in [5.74, 6) is -0.561. The first-order valence-corrected chi connectivity index (χ1v) is 5.69. The highest BCUT2D eigenvalue weighted by molar-refractivity contribution is 5.80. The van der Waals surface area contributed by atoms with Crippen LogP contribution < -0.4 is 11.4 Å². The van der Waals surface area contributed by atoms with Crippen LogP contribution in [0.15, 0.2) is 38.4 Å². The first kappa shape index (κ1) is 11.9. The fourth-order valence-corrected chi connectivity index (χ4v) is 1.95. The van der Waals surface area contributed by atoms with Gasteiger partial charge in [-0.2, -0.15) is 10.2 Å². The van der Waals surface area contributed by atoms with Gasteiger partial charge in [0, 0.05) is 18.8 Å². The van der Waals surface area contributed by atoms with E-state index in [4.69, 9.17) is 9.68 Å². The first-order chi connectivity index (χ1) is 9.58. The Kier molecular flexibility index (Phi) is 2.51. The molecule has 7 nitrogen and oxygen atoms in total. The van der Waals surface area contributed by atoms with Gasteiger partial charge in [0.1, 0.15) is 6.07 Å². The van der Waals surface area contributed by atoms with Crippen molar-refractivity contribution in [3.05, 3.63) is 51.0 Å². The number of hydrogen-bond acceptors (Lipinski definition) is 5. The molecule has 0 saturated heterocycles. The van der Waals surface area contributed by atoms with Gasteiger partial charge in [-0.05, 0) is 18.2 Å². The second-order valence-electron chi connectivity index (χ2n) is 4.23. The van der Waals surface area contributed by atoms with Crippen molar-refractivity contribution in [1.82, 2.24) is 14.5 Å². The van der Waals surface area contributed by atoms with Gasteiger partial charge in [0.2, 0.25) is 0 Å². The number of H-pyrrole nitrogens is 1. The Morgan fingerprint density at radius 3 is 2.95 bits per heavy atom. The van der Waals surface area contributed by atoms with E-state index in [0.29, 0.717) is 16.7 Å². The summed E-state index contributed by atoms with van der Waals surface area (Å²) >= 11 is 0. The fraction of sp³-hybridized carbons (Fsp3) is 0.0769. The zero-order valence-corrected chi connectivity index (χ0v) is 10.4. The summed E-state index contributed by atoms with van der Waals surface area (Å²) in [6.07, 6.45) is 1.42. The Morgan fingerprint density at radius 1 is 1.40 bits per heavy atom. The van der Waals surface area contributed by atoms with Crippen LogP contribution in [0.3, 0.4) is 0 Å². The van der Waals surface area contributed by atoms with Crippen molar-refractivity contribution in [3.63, 3.8) is 0 Å². The molecule has 2 heterocycles. The minimum atomic E-state index is -0.561. The third kappa shape index (κ3) is 1.80. The molecule has 0 aliphatic rings. The maximum absolute atomic E-state index is 11.6. The topological polar surface area (TPSA) is 105 Å². The quantitative estimate of drug-likeness (QED) is 0.701. The van der Waals surface area contributed by atoms with Crippen molar-refractivity contribution in [3.8, 4) is 17.3 Å². The van der Waals surface area contributed by atoms with E-state index in [0.717, 1.165) is 0 Å². The molecule has 0 saturated carbocycles. The predicted molar refractivity (Wildman–Crippen MR) is 70.0 cm³/mol. The average molecular weight is 268 g/mol. The first-order valence-electron chi connectivity index (χ1n) is 5.69. The Bertz CT molecular complexity index is 972. The number of hydrogen-bond donors (Lipinski definition) is 1. The summed E-state index contributed by atoms with van der Waals surface area (Å²) < 4.78 is 6.13. The number of oxazole rings is 1. The van der Waals surface area contributed by atoms with Gasteiger partial charge < -0.3 is 8.98 Å².